The fraction of sp³-hybridized carbons (Fsp3) is 0.200. The highest BCUT2D eigenvalue weighted by Gasteiger charge is 2.43. The second-order valence-corrected chi connectivity index (χ2v) is 8.45. The Bertz CT molecular complexity index is 1200. The van der Waals surface area contributed by atoms with Crippen molar-refractivity contribution in [3.05, 3.63) is 87.3 Å². The number of carbonyl (C=O) groups excluding carboxylic acids is 2. The number of phenols is 1. The fourth-order valence-corrected chi connectivity index (χ4v) is 4.62. The Morgan fingerprint density at radius 1 is 1.03 bits per heavy atom. The first-order valence-electron chi connectivity index (χ1n) is 10.3. The number of ketones is 1. The minimum atomic E-state index is -0.771. The number of thiophene rings is 1. The molecule has 8 heteroatoms. The highest BCUT2D eigenvalue weighted by molar-refractivity contribution is 7.12. The quantitative estimate of drug-likeness (QED) is 0.482. The summed E-state index contributed by atoms with van der Waals surface area (Å²) in [6.07, 6.45) is 0.467. The van der Waals surface area contributed by atoms with E-state index < -0.39 is 17.7 Å². The zero-order chi connectivity index (χ0) is 23.5. The molecule has 0 saturated carbocycles. The maximum Gasteiger partial charge on any atom is 0.290 e. The lowest BCUT2D eigenvalue weighted by Gasteiger charge is -2.27. The summed E-state index contributed by atoms with van der Waals surface area (Å²) in [5.41, 5.74) is 1.57. The summed E-state index contributed by atoms with van der Waals surface area (Å²) in [4.78, 5) is 28.2. The molecule has 170 valence electrons. The van der Waals surface area contributed by atoms with Gasteiger partial charge in [0.1, 0.15) is 5.75 Å². The van der Waals surface area contributed by atoms with E-state index in [2.05, 4.69) is 0 Å². The molecule has 0 radical (unpaired) electrons. The van der Waals surface area contributed by atoms with Crippen LogP contribution in [-0.2, 0) is 11.2 Å². The number of carbonyl (C=O) groups is 2. The van der Waals surface area contributed by atoms with Crippen LogP contribution >= 0.6 is 11.3 Å². The third-order valence-corrected chi connectivity index (χ3v) is 6.46. The van der Waals surface area contributed by atoms with Gasteiger partial charge in [-0.05, 0) is 53.3 Å². The number of hydrogen-bond donors (Lipinski definition) is 2. The number of ether oxygens (including phenoxy) is 2. The van der Waals surface area contributed by atoms with Gasteiger partial charge in [-0.15, -0.1) is 11.3 Å². The number of hydrogen-bond acceptors (Lipinski definition) is 7. The number of aliphatic hydroxyl groups excluding tert-OH is 1. The van der Waals surface area contributed by atoms with E-state index in [4.69, 9.17) is 9.47 Å². The Hall–Kier alpha value is -3.78. The van der Waals surface area contributed by atoms with Gasteiger partial charge in [-0.1, -0.05) is 24.3 Å². The van der Waals surface area contributed by atoms with Crippen LogP contribution in [0.4, 0.5) is 0 Å². The number of phenolic OH excluding ortho intramolecular Hbond substituents is 1. The predicted octanol–water partition coefficient (Wildman–Crippen LogP) is 4.29. The normalized spacial score (nSPS) is 15.8. The number of aliphatic hydroxyl groups is 1. The van der Waals surface area contributed by atoms with Crippen LogP contribution in [0.1, 0.15) is 26.8 Å². The lowest BCUT2D eigenvalue weighted by Crippen LogP contribution is -2.33. The molecule has 4 rings (SSSR count). The van der Waals surface area contributed by atoms with Crippen LogP contribution in [-0.4, -0.2) is 47.6 Å². The Kier molecular flexibility index (Phi) is 6.37. The van der Waals surface area contributed by atoms with Crippen LogP contribution in [0.5, 0.6) is 17.2 Å². The van der Waals surface area contributed by atoms with Crippen molar-refractivity contribution < 1.29 is 29.3 Å². The van der Waals surface area contributed by atoms with Gasteiger partial charge in [0, 0.05) is 6.54 Å². The number of aromatic hydroxyl groups is 1. The van der Waals surface area contributed by atoms with E-state index in [1.165, 1.54) is 28.4 Å². The molecule has 2 aromatic carbocycles. The average Bonchev–Trinajstić information content (AvgIpc) is 3.45. The largest absolute Gasteiger partial charge is 0.508 e. The molecule has 1 unspecified atom stereocenters. The minimum absolute atomic E-state index is 0.0421. The van der Waals surface area contributed by atoms with Crippen LogP contribution < -0.4 is 9.47 Å². The molecule has 1 amide bonds. The van der Waals surface area contributed by atoms with Crippen LogP contribution in [0.15, 0.2) is 71.3 Å². The molecule has 2 heterocycles. The number of methoxy groups -OCH3 is 2. The third-order valence-electron chi connectivity index (χ3n) is 5.59. The molecule has 1 atom stereocenters. The van der Waals surface area contributed by atoms with Gasteiger partial charge in [0.25, 0.3) is 5.91 Å². The molecule has 3 aromatic rings. The van der Waals surface area contributed by atoms with Crippen LogP contribution in [0, 0.1) is 0 Å². The molecule has 0 fully saturated rings. The summed E-state index contributed by atoms with van der Waals surface area (Å²) >= 11 is 1.25. The highest BCUT2D eigenvalue weighted by Crippen LogP contribution is 2.40. The molecule has 33 heavy (non-hydrogen) atoms. The molecule has 1 aliphatic heterocycles. The molecule has 0 spiro atoms. The third kappa shape index (κ3) is 4.29. The van der Waals surface area contributed by atoms with Gasteiger partial charge in [0.15, 0.2) is 17.3 Å². The Labute approximate surface area is 195 Å². The van der Waals surface area contributed by atoms with Gasteiger partial charge in [0.2, 0.25) is 5.78 Å². The second-order valence-electron chi connectivity index (χ2n) is 7.50. The minimum Gasteiger partial charge on any atom is -0.508 e. The fourth-order valence-electron chi connectivity index (χ4n) is 3.95. The van der Waals surface area contributed by atoms with Gasteiger partial charge in [-0.3, -0.25) is 9.59 Å². The molecular formula is C25H23NO6S. The molecular weight excluding hydrogens is 442 g/mol. The summed E-state index contributed by atoms with van der Waals surface area (Å²) < 4.78 is 10.6. The highest BCUT2D eigenvalue weighted by atomic mass is 32.1. The van der Waals surface area contributed by atoms with Crippen molar-refractivity contribution in [1.29, 1.82) is 0 Å². The van der Waals surface area contributed by atoms with E-state index in [0.29, 0.717) is 28.4 Å². The molecule has 0 saturated heterocycles. The first-order valence-corrected chi connectivity index (χ1v) is 11.1. The van der Waals surface area contributed by atoms with E-state index >= 15 is 0 Å². The average molecular weight is 466 g/mol. The molecule has 1 aromatic heterocycles. The summed E-state index contributed by atoms with van der Waals surface area (Å²) in [6, 6.07) is 14.4. The lowest BCUT2D eigenvalue weighted by molar-refractivity contribution is -0.129. The van der Waals surface area contributed by atoms with Crippen LogP contribution in [0.3, 0.4) is 0 Å². The first-order chi connectivity index (χ1) is 15.9. The number of nitrogens with zero attached hydrogens (tertiary/aromatic N) is 1. The van der Waals surface area contributed by atoms with Crippen LogP contribution in [0.25, 0.3) is 0 Å². The Morgan fingerprint density at radius 2 is 1.76 bits per heavy atom. The number of benzene rings is 2. The summed E-state index contributed by atoms with van der Waals surface area (Å²) in [5, 5.41) is 22.2. The Morgan fingerprint density at radius 3 is 2.39 bits per heavy atom. The van der Waals surface area contributed by atoms with E-state index in [9.17, 15) is 19.8 Å². The number of amides is 1. The second kappa shape index (κ2) is 9.38. The first kappa shape index (κ1) is 22.4. The standard InChI is InChI=1S/C25H23NO6S/c1-31-18-10-5-15(14-19(18)32-2)11-12-26-22(16-6-8-17(27)9-7-16)21(24(29)25(26)30)23(28)20-4-3-13-33-20/h3-10,13-14,22,27,29H,11-12H2,1-2H3. The number of Topliss-reactive ketones (excluding diaryl/α,β-unsaturated/α-hetero) is 1. The molecule has 2 N–H and O–H groups in total. The molecule has 0 aliphatic carbocycles. The van der Waals surface area contributed by atoms with Crippen molar-refractivity contribution in [2.75, 3.05) is 20.8 Å². The van der Waals surface area contributed by atoms with E-state index in [1.807, 2.05) is 12.1 Å². The van der Waals surface area contributed by atoms with Gasteiger partial charge >= 0.3 is 0 Å². The summed E-state index contributed by atoms with van der Waals surface area (Å²) in [7, 11) is 3.11. The van der Waals surface area contributed by atoms with Gasteiger partial charge in [0.05, 0.1) is 30.7 Å². The lowest BCUT2D eigenvalue weighted by atomic mass is 9.95. The molecule has 7 nitrogen and oxygen atoms in total. The summed E-state index contributed by atoms with van der Waals surface area (Å²) in [6.45, 7) is 0.255. The summed E-state index contributed by atoms with van der Waals surface area (Å²) in [5.74, 6) is -0.287. The monoisotopic (exact) mass is 465 g/mol. The maximum absolute atomic E-state index is 13.2. The van der Waals surface area contributed by atoms with E-state index in [1.54, 1.807) is 49.9 Å². The predicted molar refractivity (Wildman–Crippen MR) is 124 cm³/mol. The maximum atomic E-state index is 13.2. The van der Waals surface area contributed by atoms with Crippen LogP contribution in [0.2, 0.25) is 0 Å². The van der Waals surface area contributed by atoms with Gasteiger partial charge in [-0.25, -0.2) is 0 Å². The SMILES string of the molecule is COc1ccc(CCN2C(=O)C(O)=C(C(=O)c3cccs3)C2c2ccc(O)cc2)cc1OC. The van der Waals surface area contributed by atoms with Crippen molar-refractivity contribution in [3.8, 4) is 17.2 Å². The topological polar surface area (TPSA) is 96.3 Å². The van der Waals surface area contributed by atoms with E-state index in [0.717, 1.165) is 5.56 Å². The zero-order valence-electron chi connectivity index (χ0n) is 18.1. The number of rotatable bonds is 8. The van der Waals surface area contributed by atoms with Gasteiger partial charge in [-0.2, -0.15) is 0 Å². The van der Waals surface area contributed by atoms with Gasteiger partial charge < -0.3 is 24.6 Å². The van der Waals surface area contributed by atoms with Crippen molar-refractivity contribution in [3.63, 3.8) is 0 Å². The molecule has 0 bridgehead atoms. The van der Waals surface area contributed by atoms with Crippen molar-refractivity contribution in [1.82, 2.24) is 4.90 Å². The molecule has 1 aliphatic rings. The smallest absolute Gasteiger partial charge is 0.290 e. The van der Waals surface area contributed by atoms with E-state index in [-0.39, 0.29) is 23.7 Å². The Balaban J connectivity index is 1.67. The van der Waals surface area contributed by atoms with Crippen molar-refractivity contribution in [2.24, 2.45) is 0 Å². The van der Waals surface area contributed by atoms with Crippen molar-refractivity contribution >= 4 is 23.0 Å². The zero-order valence-corrected chi connectivity index (χ0v) is 19.0. The van der Waals surface area contributed by atoms with Crippen molar-refractivity contribution in [2.45, 2.75) is 12.5 Å².